The van der Waals surface area contributed by atoms with Crippen LogP contribution in [0, 0.1) is 13.8 Å². The third-order valence-electron chi connectivity index (χ3n) is 3.55. The van der Waals surface area contributed by atoms with Crippen LogP contribution in [0.5, 0.6) is 0 Å². The quantitative estimate of drug-likeness (QED) is 0.900. The number of rotatable bonds is 4. The van der Waals surface area contributed by atoms with Crippen molar-refractivity contribution >= 4 is 5.97 Å². The molecule has 1 aromatic rings. The molecule has 1 aliphatic rings. The molecule has 104 valence electrons. The summed E-state index contributed by atoms with van der Waals surface area (Å²) in [6, 6.07) is 0. The van der Waals surface area contributed by atoms with Crippen LogP contribution in [0.15, 0.2) is 0 Å². The van der Waals surface area contributed by atoms with Crippen molar-refractivity contribution in [2.24, 2.45) is 0 Å². The van der Waals surface area contributed by atoms with Crippen LogP contribution in [0.25, 0.3) is 0 Å². The molecular weight excluding hydrogens is 244 g/mol. The van der Waals surface area contributed by atoms with Crippen LogP contribution in [0.4, 0.5) is 0 Å². The van der Waals surface area contributed by atoms with Crippen LogP contribution >= 0.6 is 0 Å². The first kappa shape index (κ1) is 13.9. The highest BCUT2D eigenvalue weighted by Gasteiger charge is 2.20. The van der Waals surface area contributed by atoms with E-state index in [9.17, 15) is 4.79 Å². The zero-order valence-corrected chi connectivity index (χ0v) is 11.5. The number of carboxylic acid groups (broad SMARTS) is 1. The van der Waals surface area contributed by atoms with Crippen LogP contribution < -0.4 is 0 Å². The van der Waals surface area contributed by atoms with Gasteiger partial charge in [0.25, 0.3) is 0 Å². The summed E-state index contributed by atoms with van der Waals surface area (Å²) in [5, 5.41) is 8.76. The van der Waals surface area contributed by atoms with Crippen LogP contribution in [0.2, 0.25) is 0 Å². The summed E-state index contributed by atoms with van der Waals surface area (Å²) >= 11 is 0. The predicted octanol–water partition coefficient (Wildman–Crippen LogP) is 2.00. The Kier molecular flexibility index (Phi) is 4.47. The van der Waals surface area contributed by atoms with Gasteiger partial charge in [-0.15, -0.1) is 0 Å². The first-order chi connectivity index (χ1) is 9.08. The number of aryl methyl sites for hydroxylation is 2. The summed E-state index contributed by atoms with van der Waals surface area (Å²) in [7, 11) is 0. The van der Waals surface area contributed by atoms with Crippen LogP contribution in [-0.4, -0.2) is 34.3 Å². The van der Waals surface area contributed by atoms with Crippen molar-refractivity contribution in [2.75, 3.05) is 13.2 Å². The lowest BCUT2D eigenvalue weighted by atomic mass is 10.00. The van der Waals surface area contributed by atoms with E-state index in [1.54, 1.807) is 0 Å². The van der Waals surface area contributed by atoms with E-state index in [1.807, 2.05) is 13.8 Å². The SMILES string of the molecule is Cc1nc(C2CCCOC2)nc(C)c1CCC(=O)O. The average molecular weight is 264 g/mol. The van der Waals surface area contributed by atoms with Crippen molar-refractivity contribution < 1.29 is 14.6 Å². The smallest absolute Gasteiger partial charge is 0.303 e. The van der Waals surface area contributed by atoms with Gasteiger partial charge >= 0.3 is 5.97 Å². The number of aromatic nitrogens is 2. The average Bonchev–Trinajstić information content (AvgIpc) is 2.38. The molecule has 1 fully saturated rings. The lowest BCUT2D eigenvalue weighted by molar-refractivity contribution is -0.136. The first-order valence-electron chi connectivity index (χ1n) is 6.71. The minimum atomic E-state index is -0.788. The summed E-state index contributed by atoms with van der Waals surface area (Å²) in [4.78, 5) is 19.8. The Morgan fingerprint density at radius 1 is 1.37 bits per heavy atom. The van der Waals surface area contributed by atoms with Gasteiger partial charge in [0.15, 0.2) is 0 Å². The third-order valence-corrected chi connectivity index (χ3v) is 3.55. The summed E-state index contributed by atoms with van der Waals surface area (Å²) in [6.07, 6.45) is 2.73. The van der Waals surface area contributed by atoms with E-state index >= 15 is 0 Å². The Morgan fingerprint density at radius 3 is 2.58 bits per heavy atom. The van der Waals surface area contributed by atoms with Crippen molar-refractivity contribution in [2.45, 2.75) is 45.4 Å². The molecular formula is C14H20N2O3. The third kappa shape index (κ3) is 3.50. The van der Waals surface area contributed by atoms with Gasteiger partial charge in [-0.05, 0) is 38.7 Å². The minimum Gasteiger partial charge on any atom is -0.481 e. The van der Waals surface area contributed by atoms with E-state index in [2.05, 4.69) is 9.97 Å². The van der Waals surface area contributed by atoms with Gasteiger partial charge in [0, 0.05) is 30.3 Å². The molecule has 0 spiro atoms. The Bertz CT molecular complexity index is 445. The Hall–Kier alpha value is -1.49. The topological polar surface area (TPSA) is 72.3 Å². The van der Waals surface area contributed by atoms with Gasteiger partial charge in [-0.3, -0.25) is 4.79 Å². The molecule has 0 radical (unpaired) electrons. The molecule has 1 N–H and O–H groups in total. The fourth-order valence-corrected chi connectivity index (χ4v) is 2.49. The second kappa shape index (κ2) is 6.10. The number of ether oxygens (including phenoxy) is 1. The summed E-state index contributed by atoms with van der Waals surface area (Å²) < 4.78 is 5.47. The molecule has 2 rings (SSSR count). The largest absolute Gasteiger partial charge is 0.481 e. The van der Waals surface area contributed by atoms with Gasteiger partial charge in [0.05, 0.1) is 6.61 Å². The highest BCUT2D eigenvalue weighted by atomic mass is 16.5. The molecule has 1 saturated heterocycles. The standard InChI is InChI=1S/C14H20N2O3/c1-9-12(5-6-13(17)18)10(2)16-14(15-9)11-4-3-7-19-8-11/h11H,3-8H2,1-2H3,(H,17,18). The van der Waals surface area contributed by atoms with Gasteiger partial charge in [-0.2, -0.15) is 0 Å². The zero-order chi connectivity index (χ0) is 13.8. The second-order valence-electron chi connectivity index (χ2n) is 5.04. The molecule has 5 nitrogen and oxygen atoms in total. The molecule has 19 heavy (non-hydrogen) atoms. The molecule has 1 atom stereocenters. The maximum absolute atomic E-state index is 10.7. The predicted molar refractivity (Wildman–Crippen MR) is 70.3 cm³/mol. The molecule has 0 amide bonds. The van der Waals surface area contributed by atoms with Crippen LogP contribution in [-0.2, 0) is 16.0 Å². The van der Waals surface area contributed by atoms with Gasteiger partial charge in [-0.1, -0.05) is 0 Å². The number of hydrogen-bond donors (Lipinski definition) is 1. The molecule has 1 aliphatic heterocycles. The highest BCUT2D eigenvalue weighted by Crippen LogP contribution is 2.24. The molecule has 0 bridgehead atoms. The summed E-state index contributed by atoms with van der Waals surface area (Å²) in [6.45, 7) is 5.37. The lowest BCUT2D eigenvalue weighted by Crippen LogP contribution is -2.19. The molecule has 1 aromatic heterocycles. The molecule has 2 heterocycles. The summed E-state index contributed by atoms with van der Waals surface area (Å²) in [5.74, 6) is 0.331. The van der Waals surface area contributed by atoms with Gasteiger partial charge in [0.1, 0.15) is 5.82 Å². The number of carboxylic acids is 1. The fourth-order valence-electron chi connectivity index (χ4n) is 2.49. The second-order valence-corrected chi connectivity index (χ2v) is 5.04. The number of aliphatic carboxylic acids is 1. The number of carbonyl (C=O) groups is 1. The van der Waals surface area contributed by atoms with E-state index in [0.717, 1.165) is 42.2 Å². The number of hydrogen-bond acceptors (Lipinski definition) is 4. The monoisotopic (exact) mass is 264 g/mol. The molecule has 0 saturated carbocycles. The normalized spacial score (nSPS) is 19.4. The number of nitrogens with zero attached hydrogens (tertiary/aromatic N) is 2. The molecule has 0 aromatic carbocycles. The van der Waals surface area contributed by atoms with E-state index in [1.165, 1.54) is 0 Å². The Labute approximate surface area is 113 Å². The minimum absolute atomic E-state index is 0.122. The van der Waals surface area contributed by atoms with Crippen LogP contribution in [0.3, 0.4) is 0 Å². The van der Waals surface area contributed by atoms with E-state index in [4.69, 9.17) is 9.84 Å². The Morgan fingerprint density at radius 2 is 2.05 bits per heavy atom. The lowest BCUT2D eigenvalue weighted by Gasteiger charge is -2.22. The van der Waals surface area contributed by atoms with Gasteiger partial charge < -0.3 is 9.84 Å². The molecule has 1 unspecified atom stereocenters. The maximum Gasteiger partial charge on any atom is 0.303 e. The highest BCUT2D eigenvalue weighted by molar-refractivity contribution is 5.67. The van der Waals surface area contributed by atoms with Crippen molar-refractivity contribution in [3.8, 4) is 0 Å². The maximum atomic E-state index is 10.7. The van der Waals surface area contributed by atoms with E-state index < -0.39 is 5.97 Å². The van der Waals surface area contributed by atoms with Crippen LogP contribution in [0.1, 0.15) is 48.0 Å². The molecule has 0 aliphatic carbocycles. The van der Waals surface area contributed by atoms with Gasteiger partial charge in [0.2, 0.25) is 0 Å². The van der Waals surface area contributed by atoms with Crippen molar-refractivity contribution in [1.82, 2.24) is 9.97 Å². The van der Waals surface area contributed by atoms with Gasteiger partial charge in [-0.25, -0.2) is 9.97 Å². The fraction of sp³-hybridized carbons (Fsp3) is 0.643. The van der Waals surface area contributed by atoms with Crippen molar-refractivity contribution in [3.05, 3.63) is 22.8 Å². The summed E-state index contributed by atoms with van der Waals surface area (Å²) in [5.41, 5.74) is 2.76. The molecule has 5 heteroatoms. The van der Waals surface area contributed by atoms with E-state index in [0.29, 0.717) is 13.0 Å². The van der Waals surface area contributed by atoms with E-state index in [-0.39, 0.29) is 12.3 Å². The van der Waals surface area contributed by atoms with Crippen molar-refractivity contribution in [3.63, 3.8) is 0 Å². The zero-order valence-electron chi connectivity index (χ0n) is 11.5. The van der Waals surface area contributed by atoms with Crippen molar-refractivity contribution in [1.29, 1.82) is 0 Å². The Balaban J connectivity index is 2.18. The first-order valence-corrected chi connectivity index (χ1v) is 6.71.